The van der Waals surface area contributed by atoms with E-state index < -0.39 is 0 Å². The Morgan fingerprint density at radius 1 is 1.33 bits per heavy atom. The quantitative estimate of drug-likeness (QED) is 0.728. The van der Waals surface area contributed by atoms with Crippen molar-refractivity contribution >= 4 is 11.0 Å². The number of imidazole rings is 1. The number of aromatic nitrogens is 2. The van der Waals surface area contributed by atoms with Gasteiger partial charge in [0, 0.05) is 6.54 Å². The minimum atomic E-state index is -0.218. The molecule has 3 N–H and O–H groups in total. The molecule has 2 rings (SSSR count). The van der Waals surface area contributed by atoms with E-state index in [4.69, 9.17) is 10.2 Å². The molecule has 0 spiro atoms. The van der Waals surface area contributed by atoms with Crippen molar-refractivity contribution in [3.63, 3.8) is 0 Å². The maximum atomic E-state index is 9.13. The normalized spacial score (nSPS) is 11.9. The molecule has 18 heavy (non-hydrogen) atoms. The number of aliphatic hydroxyl groups excluding tert-OH is 2. The van der Waals surface area contributed by atoms with E-state index in [2.05, 4.69) is 16.0 Å². The van der Waals surface area contributed by atoms with Gasteiger partial charge in [-0.05, 0) is 31.7 Å². The van der Waals surface area contributed by atoms with Crippen molar-refractivity contribution < 1.29 is 10.2 Å². The number of aliphatic hydroxyl groups is 2. The highest BCUT2D eigenvalue weighted by Crippen LogP contribution is 2.15. The van der Waals surface area contributed by atoms with Gasteiger partial charge in [-0.2, -0.15) is 0 Å². The molecule has 98 valence electrons. The molecule has 0 fully saturated rings. The molecule has 0 unspecified atom stereocenters. The van der Waals surface area contributed by atoms with Gasteiger partial charge in [0.15, 0.2) is 0 Å². The van der Waals surface area contributed by atoms with Crippen LogP contribution in [0.3, 0.4) is 0 Å². The fraction of sp³-hybridized carbons (Fsp3) is 0.462. The summed E-state index contributed by atoms with van der Waals surface area (Å²) in [5.74, 6) is 0.902. The van der Waals surface area contributed by atoms with Gasteiger partial charge in [-0.1, -0.05) is 6.07 Å². The molecule has 0 aliphatic heterocycles. The largest absolute Gasteiger partial charge is 0.395 e. The summed E-state index contributed by atoms with van der Waals surface area (Å²) in [6.07, 6.45) is 0. The van der Waals surface area contributed by atoms with Crippen LogP contribution in [0.2, 0.25) is 0 Å². The summed E-state index contributed by atoms with van der Waals surface area (Å²) in [5.41, 5.74) is 3.10. The van der Waals surface area contributed by atoms with Gasteiger partial charge in [-0.3, -0.25) is 4.90 Å². The second-order valence-corrected chi connectivity index (χ2v) is 4.61. The van der Waals surface area contributed by atoms with Crippen LogP contribution in [0.1, 0.15) is 11.4 Å². The molecule has 1 aromatic heterocycles. The number of aromatic amines is 1. The summed E-state index contributed by atoms with van der Waals surface area (Å²) in [6.45, 7) is 2.52. The van der Waals surface area contributed by atoms with E-state index in [1.807, 2.05) is 31.0 Å². The van der Waals surface area contributed by atoms with Crippen molar-refractivity contribution in [3.05, 3.63) is 29.6 Å². The number of likely N-dealkylation sites (N-methyl/N-ethyl adjacent to an activating group) is 1. The Balaban J connectivity index is 2.16. The average Bonchev–Trinajstić information content (AvgIpc) is 2.70. The number of nitrogens with one attached hydrogen (secondary N) is 1. The van der Waals surface area contributed by atoms with Crippen molar-refractivity contribution in [2.24, 2.45) is 0 Å². The Bertz CT molecular complexity index is 520. The van der Waals surface area contributed by atoms with Gasteiger partial charge in [0.25, 0.3) is 0 Å². The van der Waals surface area contributed by atoms with E-state index in [0.29, 0.717) is 6.54 Å². The number of aryl methyl sites for hydroxylation is 1. The summed E-state index contributed by atoms with van der Waals surface area (Å²) in [6, 6.07) is 5.83. The SMILES string of the molecule is Cc1nc2ccc(CN(C)C(CO)CO)cc2[nH]1. The smallest absolute Gasteiger partial charge is 0.104 e. The lowest BCUT2D eigenvalue weighted by molar-refractivity contribution is 0.0874. The van der Waals surface area contributed by atoms with Crippen molar-refractivity contribution in [2.75, 3.05) is 20.3 Å². The number of nitrogens with zero attached hydrogens (tertiary/aromatic N) is 2. The number of hydrogen-bond donors (Lipinski definition) is 3. The predicted molar refractivity (Wildman–Crippen MR) is 70.3 cm³/mol. The lowest BCUT2D eigenvalue weighted by atomic mass is 10.1. The Morgan fingerprint density at radius 2 is 2.06 bits per heavy atom. The van der Waals surface area contributed by atoms with Crippen LogP contribution in [0, 0.1) is 6.92 Å². The molecule has 2 aromatic rings. The number of H-pyrrole nitrogens is 1. The molecular formula is C13H19N3O2. The summed E-state index contributed by atoms with van der Waals surface area (Å²) >= 11 is 0. The van der Waals surface area contributed by atoms with Crippen LogP contribution in [-0.2, 0) is 6.54 Å². The molecule has 1 heterocycles. The van der Waals surface area contributed by atoms with Crippen molar-refractivity contribution in [2.45, 2.75) is 19.5 Å². The van der Waals surface area contributed by atoms with Gasteiger partial charge in [-0.25, -0.2) is 4.98 Å². The first kappa shape index (κ1) is 13.0. The fourth-order valence-corrected chi connectivity index (χ4v) is 2.04. The first-order chi connectivity index (χ1) is 8.63. The molecule has 5 heteroatoms. The van der Waals surface area contributed by atoms with Crippen LogP contribution in [-0.4, -0.2) is 51.4 Å². The van der Waals surface area contributed by atoms with Crippen LogP contribution >= 0.6 is 0 Å². The zero-order valence-electron chi connectivity index (χ0n) is 10.7. The summed E-state index contributed by atoms with van der Waals surface area (Å²) < 4.78 is 0. The van der Waals surface area contributed by atoms with Gasteiger partial charge >= 0.3 is 0 Å². The molecule has 0 saturated heterocycles. The number of hydrogen-bond acceptors (Lipinski definition) is 4. The third-order valence-corrected chi connectivity index (χ3v) is 3.14. The predicted octanol–water partition coefficient (Wildman–Crippen LogP) is 0.656. The first-order valence-corrected chi connectivity index (χ1v) is 6.01. The van der Waals surface area contributed by atoms with E-state index in [-0.39, 0.29) is 19.3 Å². The lowest BCUT2D eigenvalue weighted by Crippen LogP contribution is -2.37. The van der Waals surface area contributed by atoms with Gasteiger partial charge < -0.3 is 15.2 Å². The molecule has 0 radical (unpaired) electrons. The van der Waals surface area contributed by atoms with Crippen molar-refractivity contribution in [1.29, 1.82) is 0 Å². The highest BCUT2D eigenvalue weighted by atomic mass is 16.3. The van der Waals surface area contributed by atoms with Crippen LogP contribution < -0.4 is 0 Å². The van der Waals surface area contributed by atoms with Crippen molar-refractivity contribution in [1.82, 2.24) is 14.9 Å². The van der Waals surface area contributed by atoms with Gasteiger partial charge in [0.05, 0.1) is 30.3 Å². The first-order valence-electron chi connectivity index (χ1n) is 6.01. The third kappa shape index (κ3) is 2.69. The molecule has 0 aliphatic carbocycles. The Morgan fingerprint density at radius 3 is 2.72 bits per heavy atom. The van der Waals surface area contributed by atoms with Gasteiger partial charge in [-0.15, -0.1) is 0 Å². The summed E-state index contributed by atoms with van der Waals surface area (Å²) in [7, 11) is 1.89. The van der Waals surface area contributed by atoms with E-state index in [0.717, 1.165) is 22.4 Å². The number of rotatable bonds is 5. The molecule has 0 atom stereocenters. The third-order valence-electron chi connectivity index (χ3n) is 3.14. The van der Waals surface area contributed by atoms with E-state index in [1.54, 1.807) is 0 Å². The number of benzene rings is 1. The fourth-order valence-electron chi connectivity index (χ4n) is 2.04. The molecule has 5 nitrogen and oxygen atoms in total. The van der Waals surface area contributed by atoms with E-state index in [1.165, 1.54) is 0 Å². The summed E-state index contributed by atoms with van der Waals surface area (Å²) in [5, 5.41) is 18.3. The Labute approximate surface area is 106 Å². The molecular weight excluding hydrogens is 230 g/mol. The minimum Gasteiger partial charge on any atom is -0.395 e. The highest BCUT2D eigenvalue weighted by molar-refractivity contribution is 5.75. The number of fused-ring (bicyclic) bond motifs is 1. The zero-order chi connectivity index (χ0) is 13.1. The van der Waals surface area contributed by atoms with Gasteiger partial charge in [0.2, 0.25) is 0 Å². The molecule has 0 saturated carbocycles. The monoisotopic (exact) mass is 249 g/mol. The molecule has 0 amide bonds. The molecule has 0 bridgehead atoms. The Hall–Kier alpha value is -1.43. The van der Waals surface area contributed by atoms with Crippen molar-refractivity contribution in [3.8, 4) is 0 Å². The Kier molecular flexibility index (Phi) is 3.96. The van der Waals surface area contributed by atoms with Crippen LogP contribution in [0.5, 0.6) is 0 Å². The molecule has 0 aliphatic rings. The van der Waals surface area contributed by atoms with Crippen LogP contribution in [0.4, 0.5) is 0 Å². The zero-order valence-corrected chi connectivity index (χ0v) is 10.7. The second kappa shape index (κ2) is 5.48. The maximum Gasteiger partial charge on any atom is 0.104 e. The van der Waals surface area contributed by atoms with Gasteiger partial charge in [0.1, 0.15) is 5.82 Å². The standard InChI is InChI=1S/C13H19N3O2/c1-9-14-12-4-3-10(5-13(12)15-9)6-16(2)11(7-17)8-18/h3-5,11,17-18H,6-8H2,1-2H3,(H,14,15). The molecule has 1 aromatic carbocycles. The van der Waals surface area contributed by atoms with Crippen LogP contribution in [0.15, 0.2) is 18.2 Å². The minimum absolute atomic E-state index is 0.0432. The second-order valence-electron chi connectivity index (χ2n) is 4.61. The van der Waals surface area contributed by atoms with Crippen LogP contribution in [0.25, 0.3) is 11.0 Å². The topological polar surface area (TPSA) is 72.4 Å². The summed E-state index contributed by atoms with van der Waals surface area (Å²) in [4.78, 5) is 9.49. The highest BCUT2D eigenvalue weighted by Gasteiger charge is 2.13. The maximum absolute atomic E-state index is 9.13. The van der Waals surface area contributed by atoms with E-state index >= 15 is 0 Å². The van der Waals surface area contributed by atoms with E-state index in [9.17, 15) is 0 Å². The average molecular weight is 249 g/mol. The lowest BCUT2D eigenvalue weighted by Gasteiger charge is -2.24.